The summed E-state index contributed by atoms with van der Waals surface area (Å²) in [4.78, 5) is 39.9. The zero-order valence-electron chi connectivity index (χ0n) is 15.2. The molecule has 1 aromatic carbocycles. The van der Waals surface area contributed by atoms with Crippen LogP contribution in [0.2, 0.25) is 0 Å². The van der Waals surface area contributed by atoms with Gasteiger partial charge in [0.15, 0.2) is 0 Å². The van der Waals surface area contributed by atoms with Crippen LogP contribution in [0.1, 0.15) is 34.3 Å². The van der Waals surface area contributed by atoms with Gasteiger partial charge in [0, 0.05) is 50.1 Å². The first-order chi connectivity index (χ1) is 13.3. The molecule has 1 aromatic rings. The average Bonchev–Trinajstić information content (AvgIpc) is 3.16. The minimum absolute atomic E-state index is 0.188. The van der Waals surface area contributed by atoms with Crippen molar-refractivity contribution >= 4 is 17.7 Å². The summed E-state index contributed by atoms with van der Waals surface area (Å²) in [6, 6.07) is 4.21. The first kappa shape index (κ1) is 18.9. The van der Waals surface area contributed by atoms with Crippen molar-refractivity contribution in [1.29, 1.82) is 0 Å². The van der Waals surface area contributed by atoms with E-state index in [0.29, 0.717) is 31.6 Å². The number of imide groups is 1. The van der Waals surface area contributed by atoms with Crippen LogP contribution in [0.5, 0.6) is 0 Å². The van der Waals surface area contributed by atoms with Crippen LogP contribution in [0.4, 0.5) is 8.78 Å². The van der Waals surface area contributed by atoms with Gasteiger partial charge in [0.25, 0.3) is 5.91 Å². The van der Waals surface area contributed by atoms with E-state index in [9.17, 15) is 23.2 Å². The maximum Gasteiger partial charge on any atom is 0.255 e. The molecule has 0 bridgehead atoms. The molecule has 2 fully saturated rings. The Kier molecular flexibility index (Phi) is 4.88. The first-order valence-corrected chi connectivity index (χ1v) is 9.36. The first-order valence-electron chi connectivity index (χ1n) is 9.36. The van der Waals surface area contributed by atoms with Gasteiger partial charge in [0.2, 0.25) is 18.2 Å². The van der Waals surface area contributed by atoms with Gasteiger partial charge in [-0.3, -0.25) is 24.6 Å². The highest BCUT2D eigenvalue weighted by Crippen LogP contribution is 2.31. The normalized spacial score (nSPS) is 28.2. The summed E-state index contributed by atoms with van der Waals surface area (Å²) in [5.41, 5.74) is 7.93. The number of carbonyl (C=O) groups excluding carboxylic acids is 3. The Labute approximate surface area is 160 Å². The number of alkyl halides is 2. The maximum absolute atomic E-state index is 13.1. The zero-order chi connectivity index (χ0) is 20.0. The number of fused-ring (bicyclic) bond motifs is 1. The Balaban J connectivity index is 1.53. The molecule has 0 aliphatic carbocycles. The van der Waals surface area contributed by atoms with Crippen LogP contribution < -0.4 is 11.1 Å². The number of likely N-dealkylation sites (tertiary alicyclic amines) is 1. The van der Waals surface area contributed by atoms with E-state index in [1.807, 2.05) is 23.1 Å². The lowest BCUT2D eigenvalue weighted by atomic mass is 10.0. The second-order valence-electron chi connectivity index (χ2n) is 7.71. The highest BCUT2D eigenvalue weighted by atomic mass is 19.3. The van der Waals surface area contributed by atoms with Crippen LogP contribution in [-0.4, -0.2) is 59.1 Å². The molecule has 3 aliphatic rings. The number of halogens is 2. The Morgan fingerprint density at radius 2 is 2.00 bits per heavy atom. The van der Waals surface area contributed by atoms with E-state index in [4.69, 9.17) is 5.73 Å². The van der Waals surface area contributed by atoms with Crippen molar-refractivity contribution in [2.24, 2.45) is 11.7 Å². The molecular weight excluding hydrogens is 370 g/mol. The number of rotatable bonds is 4. The lowest BCUT2D eigenvalue weighted by molar-refractivity contribution is -0.136. The summed E-state index contributed by atoms with van der Waals surface area (Å²) in [6.45, 7) is 1.19. The second kappa shape index (κ2) is 7.21. The third kappa shape index (κ3) is 3.29. The minimum atomic E-state index is -2.47. The SMILES string of the molecule is N[C@@H]1CN(Cc2cccc3c2C(=O)N(C2CCC(=O)NC2=O)C3)C[C@H]1C(F)F. The molecule has 28 heavy (non-hydrogen) atoms. The van der Waals surface area contributed by atoms with Crippen LogP contribution in [0.3, 0.4) is 0 Å². The Hall–Kier alpha value is -2.39. The Bertz CT molecular complexity index is 831. The van der Waals surface area contributed by atoms with E-state index < -0.39 is 30.3 Å². The Morgan fingerprint density at radius 3 is 2.68 bits per heavy atom. The van der Waals surface area contributed by atoms with E-state index in [1.54, 1.807) is 0 Å². The van der Waals surface area contributed by atoms with Gasteiger partial charge in [0.05, 0.1) is 0 Å². The highest BCUT2D eigenvalue weighted by molar-refractivity contribution is 6.05. The topological polar surface area (TPSA) is 95.7 Å². The zero-order valence-corrected chi connectivity index (χ0v) is 15.2. The number of nitrogens with one attached hydrogen (secondary N) is 1. The smallest absolute Gasteiger partial charge is 0.255 e. The summed E-state index contributed by atoms with van der Waals surface area (Å²) < 4.78 is 26.2. The van der Waals surface area contributed by atoms with E-state index in [2.05, 4.69) is 5.32 Å². The molecule has 7 nitrogen and oxygen atoms in total. The number of amides is 3. The number of piperidine rings is 1. The number of nitrogens with two attached hydrogens (primary N) is 1. The van der Waals surface area contributed by atoms with Crippen molar-refractivity contribution in [3.63, 3.8) is 0 Å². The number of hydrogen-bond donors (Lipinski definition) is 2. The van der Waals surface area contributed by atoms with E-state index >= 15 is 0 Å². The Morgan fingerprint density at radius 1 is 1.21 bits per heavy atom. The summed E-state index contributed by atoms with van der Waals surface area (Å²) in [5, 5.41) is 2.28. The number of nitrogens with zero attached hydrogens (tertiary/aromatic N) is 2. The molecule has 3 N–H and O–H groups in total. The van der Waals surface area contributed by atoms with Gasteiger partial charge in [-0.2, -0.15) is 0 Å². The average molecular weight is 392 g/mol. The number of benzene rings is 1. The molecule has 1 unspecified atom stereocenters. The van der Waals surface area contributed by atoms with Gasteiger partial charge in [-0.15, -0.1) is 0 Å². The second-order valence-corrected chi connectivity index (χ2v) is 7.71. The molecule has 9 heteroatoms. The predicted octanol–water partition coefficient (Wildman–Crippen LogP) is 0.472. The van der Waals surface area contributed by atoms with Crippen molar-refractivity contribution in [3.8, 4) is 0 Å². The van der Waals surface area contributed by atoms with Crippen LogP contribution in [-0.2, 0) is 22.7 Å². The largest absolute Gasteiger partial charge is 0.326 e. The standard InChI is InChI=1S/C19H22F2N4O3/c20-17(21)12-8-24(9-13(12)22)6-10-2-1-3-11-7-25(19(28)16(10)11)14-4-5-15(26)23-18(14)27/h1-3,12-14,17H,4-9,22H2,(H,23,26,27)/t12-,13-,14?/m1/s1. The van der Waals surface area contributed by atoms with E-state index in [0.717, 1.165) is 11.1 Å². The molecule has 4 rings (SSSR count). The summed E-state index contributed by atoms with van der Waals surface area (Å²) in [7, 11) is 0. The molecular formula is C19H22F2N4O3. The van der Waals surface area contributed by atoms with Gasteiger partial charge in [-0.25, -0.2) is 8.78 Å². The molecule has 3 amide bonds. The molecule has 2 saturated heterocycles. The predicted molar refractivity (Wildman–Crippen MR) is 95.2 cm³/mol. The van der Waals surface area contributed by atoms with Gasteiger partial charge < -0.3 is 10.6 Å². The van der Waals surface area contributed by atoms with Crippen molar-refractivity contribution in [2.75, 3.05) is 13.1 Å². The van der Waals surface area contributed by atoms with Gasteiger partial charge in [-0.1, -0.05) is 18.2 Å². The minimum Gasteiger partial charge on any atom is -0.326 e. The van der Waals surface area contributed by atoms with Crippen LogP contribution in [0.25, 0.3) is 0 Å². The third-order valence-corrected chi connectivity index (χ3v) is 5.84. The van der Waals surface area contributed by atoms with E-state index in [1.165, 1.54) is 4.90 Å². The highest BCUT2D eigenvalue weighted by Gasteiger charge is 2.41. The lowest BCUT2D eigenvalue weighted by Crippen LogP contribution is -2.52. The fourth-order valence-electron chi connectivity index (χ4n) is 4.40. The quantitative estimate of drug-likeness (QED) is 0.727. The lowest BCUT2D eigenvalue weighted by Gasteiger charge is -2.29. The van der Waals surface area contributed by atoms with Gasteiger partial charge in [0.1, 0.15) is 6.04 Å². The van der Waals surface area contributed by atoms with Crippen molar-refractivity contribution in [2.45, 2.75) is 44.4 Å². The van der Waals surface area contributed by atoms with Crippen LogP contribution in [0, 0.1) is 5.92 Å². The molecule has 3 heterocycles. The number of carbonyl (C=O) groups is 3. The van der Waals surface area contributed by atoms with Gasteiger partial charge >= 0.3 is 0 Å². The van der Waals surface area contributed by atoms with Crippen molar-refractivity contribution < 1.29 is 23.2 Å². The summed E-state index contributed by atoms with van der Waals surface area (Å²) >= 11 is 0. The summed E-state index contributed by atoms with van der Waals surface area (Å²) in [5.74, 6) is -1.91. The molecule has 0 spiro atoms. The molecule has 150 valence electrons. The molecule has 0 radical (unpaired) electrons. The van der Waals surface area contributed by atoms with Crippen LogP contribution >= 0.6 is 0 Å². The fourth-order valence-corrected chi connectivity index (χ4v) is 4.40. The monoisotopic (exact) mass is 392 g/mol. The molecule has 0 aromatic heterocycles. The summed E-state index contributed by atoms with van der Waals surface area (Å²) in [6.07, 6.45) is -1.97. The molecule has 3 atom stereocenters. The van der Waals surface area contributed by atoms with E-state index in [-0.39, 0.29) is 24.8 Å². The van der Waals surface area contributed by atoms with Gasteiger partial charge in [-0.05, 0) is 17.5 Å². The number of hydrogen-bond acceptors (Lipinski definition) is 5. The van der Waals surface area contributed by atoms with Crippen LogP contribution in [0.15, 0.2) is 18.2 Å². The van der Waals surface area contributed by atoms with Crippen molar-refractivity contribution in [1.82, 2.24) is 15.1 Å². The van der Waals surface area contributed by atoms with Crippen molar-refractivity contribution in [3.05, 3.63) is 34.9 Å². The fraction of sp³-hybridized carbons (Fsp3) is 0.526. The molecule has 0 saturated carbocycles. The third-order valence-electron chi connectivity index (χ3n) is 5.84. The maximum atomic E-state index is 13.1. The molecule has 3 aliphatic heterocycles.